The third-order valence-electron chi connectivity index (χ3n) is 3.97. The van der Waals surface area contributed by atoms with Crippen LogP contribution in [0.4, 0.5) is 0 Å². The zero-order chi connectivity index (χ0) is 19.4. The number of carbonyl (C=O) groups excluding carboxylic acids is 1. The largest absolute Gasteiger partial charge is 0.506 e. The van der Waals surface area contributed by atoms with Crippen molar-refractivity contribution in [2.24, 2.45) is 5.10 Å². The van der Waals surface area contributed by atoms with E-state index in [4.69, 9.17) is 22.8 Å². The molecule has 0 bridgehead atoms. The van der Waals surface area contributed by atoms with Gasteiger partial charge in [-0.15, -0.1) is 11.5 Å². The molecule has 0 fully saturated rings. The van der Waals surface area contributed by atoms with E-state index in [0.29, 0.717) is 5.56 Å². The minimum Gasteiger partial charge on any atom is -0.506 e. The first-order chi connectivity index (χ1) is 13.0. The van der Waals surface area contributed by atoms with E-state index in [0.717, 1.165) is 16.3 Å². The van der Waals surface area contributed by atoms with Crippen molar-refractivity contribution in [3.05, 3.63) is 76.3 Å². The molecule has 1 amide bonds. The predicted molar refractivity (Wildman–Crippen MR) is 106 cm³/mol. The minimum absolute atomic E-state index is 0.0782. The summed E-state index contributed by atoms with van der Waals surface area (Å²) in [6.07, 6.45) is 5.56. The fourth-order valence-electron chi connectivity index (χ4n) is 2.64. The second-order valence-electron chi connectivity index (χ2n) is 5.58. The normalized spacial score (nSPS) is 11.1. The number of halogens is 1. The van der Waals surface area contributed by atoms with Crippen LogP contribution in [-0.4, -0.2) is 24.0 Å². The van der Waals surface area contributed by atoms with Gasteiger partial charge in [-0.2, -0.15) is 0 Å². The molecule has 6 heteroatoms. The van der Waals surface area contributed by atoms with E-state index in [-0.39, 0.29) is 22.2 Å². The van der Waals surface area contributed by atoms with Gasteiger partial charge in [-0.25, -0.2) is 5.43 Å². The molecule has 134 valence electrons. The van der Waals surface area contributed by atoms with Crippen LogP contribution in [-0.2, 0) is 4.74 Å². The van der Waals surface area contributed by atoms with Crippen LogP contribution in [0.25, 0.3) is 10.8 Å². The van der Waals surface area contributed by atoms with Crippen molar-refractivity contribution in [2.75, 3.05) is 7.11 Å². The van der Waals surface area contributed by atoms with Gasteiger partial charge < -0.3 is 9.84 Å². The molecule has 0 aliphatic carbocycles. The number of fused-ring (bicyclic) bond motifs is 1. The Balaban J connectivity index is 1.95. The number of aromatic hydroxyl groups is 1. The SMILES string of the molecule is C#Cc1ccc(C(=NNC(=O)c2ccc(O)c(Cl)c2)OC)c2ccccc12. The monoisotopic (exact) mass is 378 g/mol. The van der Waals surface area contributed by atoms with Crippen LogP contribution in [0, 0.1) is 12.3 Å². The quantitative estimate of drug-likeness (QED) is 0.314. The average molecular weight is 379 g/mol. The number of amides is 1. The van der Waals surface area contributed by atoms with Crippen LogP contribution in [0.2, 0.25) is 5.02 Å². The number of hydrazone groups is 1. The molecule has 3 aromatic carbocycles. The molecule has 0 aliphatic rings. The average Bonchev–Trinajstić information content (AvgIpc) is 2.70. The van der Waals surface area contributed by atoms with Crippen molar-refractivity contribution in [1.29, 1.82) is 0 Å². The van der Waals surface area contributed by atoms with Crippen molar-refractivity contribution in [1.82, 2.24) is 5.43 Å². The van der Waals surface area contributed by atoms with Crippen LogP contribution in [0.5, 0.6) is 5.75 Å². The van der Waals surface area contributed by atoms with Crippen LogP contribution in [0.3, 0.4) is 0 Å². The molecule has 0 spiro atoms. The highest BCUT2D eigenvalue weighted by Crippen LogP contribution is 2.24. The van der Waals surface area contributed by atoms with E-state index in [1.165, 1.54) is 25.3 Å². The van der Waals surface area contributed by atoms with Crippen LogP contribution in [0.1, 0.15) is 21.5 Å². The topological polar surface area (TPSA) is 70.9 Å². The Morgan fingerprint density at radius 2 is 1.93 bits per heavy atom. The van der Waals surface area contributed by atoms with Gasteiger partial charge in [0.1, 0.15) is 5.75 Å². The zero-order valence-electron chi connectivity index (χ0n) is 14.4. The second-order valence-corrected chi connectivity index (χ2v) is 5.99. The maximum absolute atomic E-state index is 12.3. The summed E-state index contributed by atoms with van der Waals surface area (Å²) in [7, 11) is 1.46. The molecule has 0 aromatic heterocycles. The molecule has 0 radical (unpaired) electrons. The number of ether oxygens (including phenoxy) is 1. The van der Waals surface area contributed by atoms with E-state index in [2.05, 4.69) is 16.4 Å². The lowest BCUT2D eigenvalue weighted by atomic mass is 10.00. The van der Waals surface area contributed by atoms with Crippen molar-refractivity contribution in [2.45, 2.75) is 0 Å². The predicted octanol–water partition coefficient (Wildman–Crippen LogP) is 3.92. The van der Waals surface area contributed by atoms with Crippen LogP contribution < -0.4 is 5.43 Å². The van der Waals surface area contributed by atoms with E-state index in [1.54, 1.807) is 12.1 Å². The first kappa shape index (κ1) is 18.3. The summed E-state index contributed by atoms with van der Waals surface area (Å²) >= 11 is 5.83. The van der Waals surface area contributed by atoms with Gasteiger partial charge in [0.2, 0.25) is 5.90 Å². The van der Waals surface area contributed by atoms with Gasteiger partial charge in [-0.1, -0.05) is 41.8 Å². The molecule has 2 N–H and O–H groups in total. The number of hydrogen-bond donors (Lipinski definition) is 2. The number of nitrogens with one attached hydrogen (secondary N) is 1. The Labute approximate surface area is 161 Å². The van der Waals surface area contributed by atoms with E-state index in [9.17, 15) is 9.90 Å². The summed E-state index contributed by atoms with van der Waals surface area (Å²) < 4.78 is 5.36. The Bertz CT molecular complexity index is 1100. The number of nitrogens with zero attached hydrogens (tertiary/aromatic N) is 1. The number of phenolic OH excluding ortho intramolecular Hbond substituents is 1. The van der Waals surface area contributed by atoms with Gasteiger partial charge in [0.15, 0.2) is 0 Å². The highest BCUT2D eigenvalue weighted by molar-refractivity contribution is 6.32. The number of benzene rings is 3. The molecule has 5 nitrogen and oxygen atoms in total. The molecule has 0 saturated heterocycles. The van der Waals surface area contributed by atoms with Gasteiger partial charge in [0, 0.05) is 16.7 Å². The van der Waals surface area contributed by atoms with Gasteiger partial charge >= 0.3 is 0 Å². The number of methoxy groups -OCH3 is 1. The maximum atomic E-state index is 12.3. The van der Waals surface area contributed by atoms with Gasteiger partial charge in [0.25, 0.3) is 5.91 Å². The number of rotatable bonds is 3. The highest BCUT2D eigenvalue weighted by atomic mass is 35.5. The first-order valence-corrected chi connectivity index (χ1v) is 8.32. The van der Waals surface area contributed by atoms with Crippen LogP contribution >= 0.6 is 11.6 Å². The van der Waals surface area contributed by atoms with Crippen molar-refractivity contribution in [3.8, 4) is 18.1 Å². The Hall–Kier alpha value is -3.49. The fourth-order valence-corrected chi connectivity index (χ4v) is 2.82. The molecule has 0 aliphatic heterocycles. The number of phenols is 1. The molecule has 3 rings (SSSR count). The Morgan fingerprint density at radius 3 is 2.59 bits per heavy atom. The Kier molecular flexibility index (Phi) is 5.30. The minimum atomic E-state index is -0.490. The zero-order valence-corrected chi connectivity index (χ0v) is 15.1. The molecular formula is C21H15ClN2O3. The van der Waals surface area contributed by atoms with Crippen molar-refractivity contribution in [3.63, 3.8) is 0 Å². The Morgan fingerprint density at radius 1 is 1.19 bits per heavy atom. The van der Waals surface area contributed by atoms with Crippen molar-refractivity contribution < 1.29 is 14.6 Å². The molecule has 0 unspecified atom stereocenters. The lowest BCUT2D eigenvalue weighted by molar-refractivity contribution is 0.0953. The summed E-state index contributed by atoms with van der Waals surface area (Å²) in [6, 6.07) is 15.3. The summed E-state index contributed by atoms with van der Waals surface area (Å²) in [4.78, 5) is 12.3. The number of carbonyl (C=O) groups is 1. The third kappa shape index (κ3) is 3.71. The third-order valence-corrected chi connectivity index (χ3v) is 4.27. The number of hydrogen-bond acceptors (Lipinski definition) is 4. The molecule has 0 saturated carbocycles. The molecule has 27 heavy (non-hydrogen) atoms. The summed E-state index contributed by atoms with van der Waals surface area (Å²) in [5.74, 6) is 2.29. The van der Waals surface area contributed by atoms with E-state index >= 15 is 0 Å². The summed E-state index contributed by atoms with van der Waals surface area (Å²) in [6.45, 7) is 0. The first-order valence-electron chi connectivity index (χ1n) is 7.94. The molecule has 0 atom stereocenters. The lowest BCUT2D eigenvalue weighted by Crippen LogP contribution is -2.21. The van der Waals surface area contributed by atoms with Crippen LogP contribution in [0.15, 0.2) is 59.7 Å². The van der Waals surface area contributed by atoms with Gasteiger partial charge in [-0.05, 0) is 41.1 Å². The summed E-state index contributed by atoms with van der Waals surface area (Å²) in [5, 5.41) is 15.4. The van der Waals surface area contributed by atoms with Gasteiger partial charge in [0.05, 0.1) is 12.1 Å². The molecule has 0 heterocycles. The van der Waals surface area contributed by atoms with E-state index < -0.39 is 5.91 Å². The fraction of sp³-hybridized carbons (Fsp3) is 0.0476. The molecular weight excluding hydrogens is 364 g/mol. The van der Waals surface area contributed by atoms with E-state index in [1.807, 2.05) is 24.3 Å². The highest BCUT2D eigenvalue weighted by Gasteiger charge is 2.13. The van der Waals surface area contributed by atoms with Gasteiger partial charge in [-0.3, -0.25) is 4.79 Å². The number of terminal acetylenes is 1. The smallest absolute Gasteiger partial charge is 0.271 e. The molecule has 3 aromatic rings. The standard InChI is InChI=1S/C21H15ClN2O3/c1-3-13-8-10-17(16-7-5-4-6-15(13)16)21(27-2)24-23-20(26)14-9-11-19(25)18(22)12-14/h1,4-12,25H,2H3,(H,23,26). The summed E-state index contributed by atoms with van der Waals surface area (Å²) in [5.41, 5.74) is 4.13. The maximum Gasteiger partial charge on any atom is 0.271 e. The second kappa shape index (κ2) is 7.81. The lowest BCUT2D eigenvalue weighted by Gasteiger charge is -2.10. The van der Waals surface area contributed by atoms with Crippen molar-refractivity contribution >= 4 is 34.2 Å².